The van der Waals surface area contributed by atoms with E-state index in [0.29, 0.717) is 0 Å². The van der Waals surface area contributed by atoms with E-state index in [2.05, 4.69) is 5.32 Å². The van der Waals surface area contributed by atoms with Crippen LogP contribution in [0.25, 0.3) is 0 Å². The molecule has 0 aliphatic carbocycles. The Morgan fingerprint density at radius 1 is 1.25 bits per heavy atom. The highest BCUT2D eigenvalue weighted by molar-refractivity contribution is 6.43. The number of nitrogens with one attached hydrogen (secondary N) is 1. The van der Waals surface area contributed by atoms with Crippen molar-refractivity contribution < 1.29 is 14.3 Å². The van der Waals surface area contributed by atoms with Gasteiger partial charge in [0.1, 0.15) is 11.6 Å². The fourth-order valence-corrected chi connectivity index (χ4v) is 1.79. The molecule has 0 aliphatic rings. The molecule has 0 aromatic heterocycles. The second-order valence-electron chi connectivity index (χ2n) is 5.33. The van der Waals surface area contributed by atoms with Crippen LogP contribution in [0.4, 0.5) is 0 Å². The number of hydrogen-bond donors (Lipinski definition) is 1. The minimum atomic E-state index is -0.781. The Morgan fingerprint density at radius 3 is 2.40 bits per heavy atom. The van der Waals surface area contributed by atoms with Crippen LogP contribution >= 0.6 is 23.2 Å². The fourth-order valence-electron chi connectivity index (χ4n) is 1.40. The van der Waals surface area contributed by atoms with Gasteiger partial charge in [-0.3, -0.25) is 4.79 Å². The third kappa shape index (κ3) is 4.69. The Hall–Kier alpha value is -1.26. The van der Waals surface area contributed by atoms with Gasteiger partial charge in [-0.2, -0.15) is 0 Å². The van der Waals surface area contributed by atoms with Crippen LogP contribution in [0.5, 0.6) is 0 Å². The van der Waals surface area contributed by atoms with Gasteiger partial charge in [0.15, 0.2) is 0 Å². The van der Waals surface area contributed by atoms with Crippen molar-refractivity contribution in [3.05, 3.63) is 33.8 Å². The Morgan fingerprint density at radius 2 is 1.85 bits per heavy atom. The standard InChI is InChI=1S/C14H17Cl2NO3/c1-8(13(19)20-14(2,3)4)17-12(18)9-6-5-7-10(15)11(9)16/h5-8H,1-4H3,(H,17,18)/t8-/m0/s1. The van der Waals surface area contributed by atoms with E-state index in [1.165, 1.54) is 6.07 Å². The van der Waals surface area contributed by atoms with Crippen molar-refractivity contribution in [1.82, 2.24) is 5.32 Å². The molecule has 0 heterocycles. The predicted octanol–water partition coefficient (Wildman–Crippen LogP) is 3.45. The zero-order valence-corrected chi connectivity index (χ0v) is 13.3. The number of hydrogen-bond acceptors (Lipinski definition) is 3. The molecule has 1 amide bonds. The first kappa shape index (κ1) is 16.8. The van der Waals surface area contributed by atoms with Gasteiger partial charge < -0.3 is 10.1 Å². The Labute approximate surface area is 128 Å². The average molecular weight is 318 g/mol. The lowest BCUT2D eigenvalue weighted by Gasteiger charge is -2.22. The van der Waals surface area contributed by atoms with Gasteiger partial charge >= 0.3 is 5.97 Å². The van der Waals surface area contributed by atoms with Gasteiger partial charge in [0.05, 0.1) is 15.6 Å². The van der Waals surface area contributed by atoms with Gasteiger partial charge in [0, 0.05) is 0 Å². The van der Waals surface area contributed by atoms with Gasteiger partial charge in [-0.25, -0.2) is 4.79 Å². The van der Waals surface area contributed by atoms with Gasteiger partial charge in [-0.15, -0.1) is 0 Å². The highest BCUT2D eigenvalue weighted by atomic mass is 35.5. The van der Waals surface area contributed by atoms with E-state index in [9.17, 15) is 9.59 Å². The van der Waals surface area contributed by atoms with E-state index in [1.807, 2.05) is 0 Å². The largest absolute Gasteiger partial charge is 0.458 e. The summed E-state index contributed by atoms with van der Waals surface area (Å²) in [5.74, 6) is -0.986. The molecule has 0 aliphatic heterocycles. The molecule has 0 fully saturated rings. The van der Waals surface area contributed by atoms with E-state index in [4.69, 9.17) is 27.9 Å². The van der Waals surface area contributed by atoms with Crippen molar-refractivity contribution in [1.29, 1.82) is 0 Å². The lowest BCUT2D eigenvalue weighted by atomic mass is 10.2. The molecule has 0 unspecified atom stereocenters. The molecule has 4 nitrogen and oxygen atoms in total. The van der Waals surface area contributed by atoms with Crippen molar-refractivity contribution in [3.8, 4) is 0 Å². The third-order valence-electron chi connectivity index (χ3n) is 2.30. The summed E-state index contributed by atoms with van der Waals surface area (Å²) < 4.78 is 5.18. The fraction of sp³-hybridized carbons (Fsp3) is 0.429. The number of carbonyl (C=O) groups is 2. The summed E-state index contributed by atoms with van der Waals surface area (Å²) in [4.78, 5) is 23.8. The minimum Gasteiger partial charge on any atom is -0.458 e. The van der Waals surface area contributed by atoms with Gasteiger partial charge in [0.25, 0.3) is 5.91 Å². The van der Waals surface area contributed by atoms with Crippen LogP contribution in [0.1, 0.15) is 38.1 Å². The highest BCUT2D eigenvalue weighted by Gasteiger charge is 2.24. The molecule has 0 saturated carbocycles. The van der Waals surface area contributed by atoms with Crippen LogP contribution in [0, 0.1) is 0 Å². The molecule has 1 aromatic carbocycles. The summed E-state index contributed by atoms with van der Waals surface area (Å²) in [6.07, 6.45) is 0. The van der Waals surface area contributed by atoms with E-state index >= 15 is 0 Å². The number of rotatable bonds is 3. The van der Waals surface area contributed by atoms with Crippen LogP contribution in [0.2, 0.25) is 10.0 Å². The van der Waals surface area contributed by atoms with Crippen LogP contribution in [0.3, 0.4) is 0 Å². The van der Waals surface area contributed by atoms with Crippen molar-refractivity contribution >= 4 is 35.1 Å². The predicted molar refractivity (Wildman–Crippen MR) is 79.2 cm³/mol. The monoisotopic (exact) mass is 317 g/mol. The zero-order valence-electron chi connectivity index (χ0n) is 11.8. The topological polar surface area (TPSA) is 55.4 Å². The summed E-state index contributed by atoms with van der Waals surface area (Å²) in [5.41, 5.74) is -0.390. The number of carbonyl (C=O) groups excluding carboxylic acids is 2. The zero-order chi connectivity index (χ0) is 15.5. The van der Waals surface area contributed by atoms with E-state index in [-0.39, 0.29) is 15.6 Å². The first-order chi connectivity index (χ1) is 9.11. The maximum Gasteiger partial charge on any atom is 0.328 e. The molecule has 110 valence electrons. The Kier molecular flexibility index (Phi) is 5.42. The number of amides is 1. The third-order valence-corrected chi connectivity index (χ3v) is 3.12. The summed E-state index contributed by atoms with van der Waals surface area (Å²) in [6, 6.07) is 3.95. The number of benzene rings is 1. The van der Waals surface area contributed by atoms with Crippen molar-refractivity contribution in [2.24, 2.45) is 0 Å². The van der Waals surface area contributed by atoms with Gasteiger partial charge in [0.2, 0.25) is 0 Å². The summed E-state index contributed by atoms with van der Waals surface area (Å²) in [6.45, 7) is 6.82. The first-order valence-corrected chi connectivity index (χ1v) is 6.85. The normalized spacial score (nSPS) is 12.7. The Bertz CT molecular complexity index is 524. The SMILES string of the molecule is C[C@H](NC(=O)c1cccc(Cl)c1Cl)C(=O)OC(C)(C)C. The van der Waals surface area contributed by atoms with Crippen LogP contribution < -0.4 is 5.32 Å². The van der Waals surface area contributed by atoms with Gasteiger partial charge in [-0.1, -0.05) is 29.3 Å². The average Bonchev–Trinajstić information content (AvgIpc) is 2.30. The lowest BCUT2D eigenvalue weighted by molar-refractivity contribution is -0.156. The molecule has 1 aromatic rings. The van der Waals surface area contributed by atoms with Crippen LogP contribution in [0.15, 0.2) is 18.2 Å². The van der Waals surface area contributed by atoms with Crippen molar-refractivity contribution in [2.75, 3.05) is 0 Å². The molecule has 1 atom stereocenters. The maximum absolute atomic E-state index is 12.0. The smallest absolute Gasteiger partial charge is 0.328 e. The molecular formula is C14H17Cl2NO3. The molecule has 1 N–H and O–H groups in total. The lowest BCUT2D eigenvalue weighted by Crippen LogP contribution is -2.42. The minimum absolute atomic E-state index is 0.156. The number of halogens is 2. The van der Waals surface area contributed by atoms with Crippen LogP contribution in [-0.2, 0) is 9.53 Å². The quantitative estimate of drug-likeness (QED) is 0.869. The molecule has 20 heavy (non-hydrogen) atoms. The van der Waals surface area contributed by atoms with E-state index in [0.717, 1.165) is 0 Å². The maximum atomic E-state index is 12.0. The molecule has 0 bridgehead atoms. The summed E-state index contributed by atoms with van der Waals surface area (Å²) >= 11 is 11.8. The highest BCUT2D eigenvalue weighted by Crippen LogP contribution is 2.25. The van der Waals surface area contributed by atoms with Gasteiger partial charge in [-0.05, 0) is 39.8 Å². The number of esters is 1. The molecular weight excluding hydrogens is 301 g/mol. The molecule has 0 spiro atoms. The summed E-state index contributed by atoms with van der Waals surface area (Å²) in [5, 5.41) is 2.97. The molecule has 6 heteroatoms. The molecule has 0 radical (unpaired) electrons. The Balaban J connectivity index is 2.76. The van der Waals surface area contributed by atoms with E-state index < -0.39 is 23.5 Å². The molecule has 0 saturated heterocycles. The summed E-state index contributed by atoms with van der Waals surface area (Å²) in [7, 11) is 0. The van der Waals surface area contributed by atoms with E-state index in [1.54, 1.807) is 39.8 Å². The first-order valence-electron chi connectivity index (χ1n) is 6.09. The number of ether oxygens (including phenoxy) is 1. The van der Waals surface area contributed by atoms with Crippen molar-refractivity contribution in [2.45, 2.75) is 39.3 Å². The second-order valence-corrected chi connectivity index (χ2v) is 6.12. The van der Waals surface area contributed by atoms with Crippen LogP contribution in [-0.4, -0.2) is 23.5 Å². The molecule has 1 rings (SSSR count). The second kappa shape index (κ2) is 6.46. The van der Waals surface area contributed by atoms with Crippen molar-refractivity contribution in [3.63, 3.8) is 0 Å².